The Morgan fingerprint density at radius 2 is 1.86 bits per heavy atom. The minimum Gasteiger partial charge on any atom is -0.493 e. The highest BCUT2D eigenvalue weighted by atomic mass is 32.1. The van der Waals surface area contributed by atoms with E-state index in [1.165, 1.54) is 16.2 Å². The van der Waals surface area contributed by atoms with Gasteiger partial charge in [-0.1, -0.05) is 48.0 Å². The highest BCUT2D eigenvalue weighted by molar-refractivity contribution is 7.13. The lowest BCUT2D eigenvalue weighted by atomic mass is 9.98. The molecule has 184 valence electrons. The molecule has 1 atom stereocenters. The van der Waals surface area contributed by atoms with Gasteiger partial charge < -0.3 is 13.9 Å². The highest BCUT2D eigenvalue weighted by Crippen LogP contribution is 2.43. The van der Waals surface area contributed by atoms with E-state index in [1.54, 1.807) is 43.0 Å². The zero-order valence-electron chi connectivity index (χ0n) is 20.1. The largest absolute Gasteiger partial charge is 0.493 e. The van der Waals surface area contributed by atoms with Crippen LogP contribution in [-0.4, -0.2) is 18.0 Å². The fourth-order valence-electron chi connectivity index (χ4n) is 4.64. The number of carbonyl (C=O) groups is 1. The van der Waals surface area contributed by atoms with Crippen LogP contribution in [0, 0.1) is 6.92 Å². The van der Waals surface area contributed by atoms with Gasteiger partial charge in [-0.2, -0.15) is 0 Å². The van der Waals surface area contributed by atoms with E-state index in [2.05, 4.69) is 4.98 Å². The second-order valence-corrected chi connectivity index (χ2v) is 9.62. The first-order valence-electron chi connectivity index (χ1n) is 11.7. The van der Waals surface area contributed by atoms with Gasteiger partial charge in [-0.05, 0) is 42.3 Å². The van der Waals surface area contributed by atoms with E-state index in [-0.39, 0.29) is 11.2 Å². The second-order valence-electron chi connectivity index (χ2n) is 8.75. The van der Waals surface area contributed by atoms with E-state index in [4.69, 9.17) is 13.9 Å². The summed E-state index contributed by atoms with van der Waals surface area (Å²) in [6, 6.07) is 19.9. The molecule has 1 amide bonds. The quantitative estimate of drug-likeness (QED) is 0.283. The molecule has 2 aromatic heterocycles. The van der Waals surface area contributed by atoms with Crippen molar-refractivity contribution >= 4 is 33.3 Å². The van der Waals surface area contributed by atoms with Gasteiger partial charge in [0.1, 0.15) is 12.2 Å². The van der Waals surface area contributed by atoms with Crippen molar-refractivity contribution in [3.05, 3.63) is 117 Å². The SMILES string of the molecule is COc1cc([C@H]2c3c(oc4ccc(C)cc4c3=O)C(=O)N2c2nccs2)ccc1OCc1ccccc1. The third kappa shape index (κ3) is 3.95. The third-order valence-corrected chi connectivity index (χ3v) is 7.16. The van der Waals surface area contributed by atoms with E-state index in [9.17, 15) is 9.59 Å². The number of nitrogens with zero attached hydrogens (tertiary/aromatic N) is 2. The fraction of sp³-hybridized carbons (Fsp3) is 0.138. The van der Waals surface area contributed by atoms with Gasteiger partial charge in [0.05, 0.1) is 24.1 Å². The molecule has 1 aliphatic rings. The smallest absolute Gasteiger partial charge is 0.297 e. The van der Waals surface area contributed by atoms with E-state index >= 15 is 0 Å². The van der Waals surface area contributed by atoms with Crippen LogP contribution in [-0.2, 0) is 6.61 Å². The van der Waals surface area contributed by atoms with E-state index in [1.807, 2.05) is 49.4 Å². The minimum atomic E-state index is -0.730. The van der Waals surface area contributed by atoms with Gasteiger partial charge >= 0.3 is 0 Å². The maximum Gasteiger partial charge on any atom is 0.297 e. The number of hydrogen-bond donors (Lipinski definition) is 0. The highest BCUT2D eigenvalue weighted by Gasteiger charge is 2.45. The zero-order chi connectivity index (χ0) is 25.5. The van der Waals surface area contributed by atoms with E-state index < -0.39 is 11.9 Å². The molecule has 0 saturated carbocycles. The summed E-state index contributed by atoms with van der Waals surface area (Å²) in [6.45, 7) is 2.29. The van der Waals surface area contributed by atoms with Crippen molar-refractivity contribution in [3.8, 4) is 11.5 Å². The molecule has 37 heavy (non-hydrogen) atoms. The summed E-state index contributed by atoms with van der Waals surface area (Å²) in [7, 11) is 1.56. The molecule has 0 bridgehead atoms. The molecule has 0 unspecified atom stereocenters. The number of aromatic nitrogens is 1. The van der Waals surface area contributed by atoms with Crippen LogP contribution in [0.25, 0.3) is 11.0 Å². The number of hydrogen-bond acceptors (Lipinski definition) is 7. The number of benzene rings is 3. The predicted molar refractivity (Wildman–Crippen MR) is 142 cm³/mol. The first-order valence-corrected chi connectivity index (χ1v) is 12.6. The van der Waals surface area contributed by atoms with Crippen molar-refractivity contribution < 1.29 is 18.7 Å². The van der Waals surface area contributed by atoms with Crippen LogP contribution in [0.5, 0.6) is 11.5 Å². The lowest BCUT2D eigenvalue weighted by Crippen LogP contribution is -2.29. The Balaban J connectivity index is 1.48. The van der Waals surface area contributed by atoms with Crippen molar-refractivity contribution in [2.24, 2.45) is 0 Å². The van der Waals surface area contributed by atoms with Gasteiger partial charge in [0.25, 0.3) is 5.91 Å². The van der Waals surface area contributed by atoms with Gasteiger partial charge in [0.15, 0.2) is 22.1 Å². The number of carbonyl (C=O) groups excluding carboxylic acids is 1. The average molecular weight is 511 g/mol. The zero-order valence-corrected chi connectivity index (χ0v) is 21.0. The standard InChI is InChI=1S/C29H22N2O5S/c1-17-8-10-21-20(14-17)26(32)24-25(31(28(33)27(24)36-21)29-30-12-13-37-29)19-9-11-22(23(15-19)34-2)35-16-18-6-4-3-5-7-18/h3-15,25H,16H2,1-2H3/t25-/m0/s1. The topological polar surface area (TPSA) is 81.9 Å². The molecule has 0 radical (unpaired) electrons. The Morgan fingerprint density at radius 1 is 1.03 bits per heavy atom. The van der Waals surface area contributed by atoms with Crippen LogP contribution in [0.2, 0.25) is 0 Å². The molecule has 8 heteroatoms. The monoisotopic (exact) mass is 510 g/mol. The number of fused-ring (bicyclic) bond motifs is 2. The lowest BCUT2D eigenvalue weighted by molar-refractivity contribution is 0.0971. The summed E-state index contributed by atoms with van der Waals surface area (Å²) in [6.07, 6.45) is 1.63. The van der Waals surface area contributed by atoms with Crippen LogP contribution >= 0.6 is 11.3 Å². The van der Waals surface area contributed by atoms with Crippen molar-refractivity contribution in [1.82, 2.24) is 4.98 Å². The molecule has 3 heterocycles. The number of methoxy groups -OCH3 is 1. The Bertz CT molecular complexity index is 1680. The first-order chi connectivity index (χ1) is 18.0. The third-order valence-electron chi connectivity index (χ3n) is 6.39. The lowest BCUT2D eigenvalue weighted by Gasteiger charge is -2.23. The number of amides is 1. The predicted octanol–water partition coefficient (Wildman–Crippen LogP) is 5.90. The second kappa shape index (κ2) is 9.22. The number of anilines is 1. The van der Waals surface area contributed by atoms with Crippen molar-refractivity contribution in [1.29, 1.82) is 0 Å². The van der Waals surface area contributed by atoms with E-state index in [0.29, 0.717) is 45.3 Å². The van der Waals surface area contributed by atoms with Crippen molar-refractivity contribution in [3.63, 3.8) is 0 Å². The van der Waals surface area contributed by atoms with Crippen LogP contribution in [0.1, 0.15) is 38.9 Å². The Morgan fingerprint density at radius 3 is 2.62 bits per heavy atom. The van der Waals surface area contributed by atoms with Crippen LogP contribution in [0.3, 0.4) is 0 Å². The average Bonchev–Trinajstić information content (AvgIpc) is 3.55. The number of ether oxygens (including phenoxy) is 2. The summed E-state index contributed by atoms with van der Waals surface area (Å²) in [5, 5.41) is 2.70. The molecular formula is C29H22N2O5S. The van der Waals surface area contributed by atoms with Crippen LogP contribution in [0.4, 0.5) is 5.13 Å². The Kier molecular flexibility index (Phi) is 5.73. The summed E-state index contributed by atoms with van der Waals surface area (Å²) in [5.74, 6) is 0.680. The molecule has 0 spiro atoms. The molecule has 6 rings (SSSR count). The number of thiazole rings is 1. The summed E-state index contributed by atoms with van der Waals surface area (Å²) < 4.78 is 17.7. The molecule has 0 aliphatic carbocycles. The summed E-state index contributed by atoms with van der Waals surface area (Å²) >= 11 is 1.32. The van der Waals surface area contributed by atoms with Gasteiger partial charge in [-0.25, -0.2) is 4.98 Å². The molecule has 3 aromatic carbocycles. The maximum absolute atomic E-state index is 13.8. The number of rotatable bonds is 6. The van der Waals surface area contributed by atoms with Crippen molar-refractivity contribution in [2.75, 3.05) is 12.0 Å². The molecule has 0 N–H and O–H groups in total. The summed E-state index contributed by atoms with van der Waals surface area (Å²) in [5.41, 5.74) is 3.08. The van der Waals surface area contributed by atoms with Gasteiger partial charge in [-0.15, -0.1) is 11.3 Å². The molecule has 0 saturated heterocycles. The van der Waals surface area contributed by atoms with Gasteiger partial charge in [-0.3, -0.25) is 14.5 Å². The molecule has 1 aliphatic heterocycles. The fourth-order valence-corrected chi connectivity index (χ4v) is 5.31. The van der Waals surface area contributed by atoms with Crippen LogP contribution in [0.15, 0.2) is 87.5 Å². The summed E-state index contributed by atoms with van der Waals surface area (Å²) in [4.78, 5) is 33.3. The van der Waals surface area contributed by atoms with E-state index in [0.717, 1.165) is 11.1 Å². The maximum atomic E-state index is 13.8. The molecule has 7 nitrogen and oxygen atoms in total. The van der Waals surface area contributed by atoms with Gasteiger partial charge in [0.2, 0.25) is 5.76 Å². The van der Waals surface area contributed by atoms with Crippen LogP contribution < -0.4 is 19.8 Å². The Hall–Kier alpha value is -4.43. The van der Waals surface area contributed by atoms with Gasteiger partial charge in [0, 0.05) is 11.6 Å². The molecular weight excluding hydrogens is 488 g/mol. The first kappa shape index (κ1) is 23.0. The number of aryl methyl sites for hydroxylation is 1. The molecule has 0 fully saturated rings. The minimum absolute atomic E-state index is 0.0323. The van der Waals surface area contributed by atoms with Crippen molar-refractivity contribution in [2.45, 2.75) is 19.6 Å². The molecule has 5 aromatic rings. The Labute approximate surface area is 216 Å². The normalized spacial score (nSPS) is 14.7.